The normalized spacial score (nSPS) is 17.0. The van der Waals surface area contributed by atoms with Gasteiger partial charge in [-0.05, 0) is 36.6 Å². The van der Waals surface area contributed by atoms with Crippen LogP contribution in [-0.2, 0) is 21.4 Å². The maximum Gasteiger partial charge on any atom is 0.263 e. The zero-order valence-corrected chi connectivity index (χ0v) is 16.8. The summed E-state index contributed by atoms with van der Waals surface area (Å²) in [6.07, 6.45) is 2.34. The Bertz CT molecular complexity index is 1010. The first-order chi connectivity index (χ1) is 13.4. The topological polar surface area (TPSA) is 87.6 Å². The number of sulfonamides is 1. The van der Waals surface area contributed by atoms with Gasteiger partial charge in [0.1, 0.15) is 17.7 Å². The number of hydrogen-bond acceptors (Lipinski definition) is 5. The molecule has 0 aliphatic carbocycles. The van der Waals surface area contributed by atoms with Crippen molar-refractivity contribution in [1.29, 1.82) is 0 Å². The van der Waals surface area contributed by atoms with E-state index in [2.05, 4.69) is 15.0 Å². The number of rotatable bonds is 7. The van der Waals surface area contributed by atoms with E-state index in [-0.39, 0.29) is 23.2 Å². The molecule has 0 fully saturated rings. The maximum absolute atomic E-state index is 13.8. The first kappa shape index (κ1) is 20.3. The fraction of sp³-hybridized carbons (Fsp3) is 0.263. The van der Waals surface area contributed by atoms with E-state index < -0.39 is 21.9 Å². The highest BCUT2D eigenvalue weighted by Crippen LogP contribution is 2.23. The second kappa shape index (κ2) is 8.74. The van der Waals surface area contributed by atoms with Gasteiger partial charge in [0.2, 0.25) is 5.91 Å². The number of aliphatic imine (C=N–C) groups is 1. The van der Waals surface area contributed by atoms with E-state index in [9.17, 15) is 17.6 Å². The van der Waals surface area contributed by atoms with E-state index >= 15 is 0 Å². The molecule has 3 rings (SSSR count). The van der Waals surface area contributed by atoms with E-state index in [1.54, 1.807) is 48.2 Å². The van der Waals surface area contributed by atoms with Crippen molar-refractivity contribution in [3.05, 3.63) is 65.5 Å². The highest BCUT2D eigenvalue weighted by molar-refractivity contribution is 7.98. The molecule has 1 amide bonds. The molecule has 148 valence electrons. The molecule has 0 spiro atoms. The molecule has 1 heterocycles. The third-order valence-corrected chi connectivity index (χ3v) is 6.30. The Morgan fingerprint density at radius 2 is 1.93 bits per heavy atom. The van der Waals surface area contributed by atoms with Gasteiger partial charge in [-0.15, -0.1) is 0 Å². The SMILES string of the molecule is CSCC[C@@H](N=C1NS(=O)(=O)c2ccccc21)C(=O)NCc1ccccc1F. The highest BCUT2D eigenvalue weighted by atomic mass is 32.2. The third kappa shape index (κ3) is 4.53. The number of carbonyl (C=O) groups excluding carboxylic acids is 1. The second-order valence-electron chi connectivity index (χ2n) is 6.19. The molecule has 2 N–H and O–H groups in total. The van der Waals surface area contributed by atoms with Gasteiger partial charge in [0.15, 0.2) is 0 Å². The number of amides is 1. The van der Waals surface area contributed by atoms with Crippen LogP contribution in [0.1, 0.15) is 17.5 Å². The summed E-state index contributed by atoms with van der Waals surface area (Å²) < 4.78 is 40.7. The molecule has 28 heavy (non-hydrogen) atoms. The van der Waals surface area contributed by atoms with Crippen molar-refractivity contribution in [2.75, 3.05) is 12.0 Å². The fourth-order valence-electron chi connectivity index (χ4n) is 2.81. The van der Waals surface area contributed by atoms with E-state index in [0.717, 1.165) is 0 Å². The third-order valence-electron chi connectivity index (χ3n) is 4.26. The van der Waals surface area contributed by atoms with Crippen molar-refractivity contribution in [2.45, 2.75) is 23.9 Å². The van der Waals surface area contributed by atoms with Crippen LogP contribution in [-0.4, -0.2) is 38.2 Å². The monoisotopic (exact) mass is 421 g/mol. The molecule has 6 nitrogen and oxygen atoms in total. The van der Waals surface area contributed by atoms with Crippen molar-refractivity contribution in [3.8, 4) is 0 Å². The Balaban J connectivity index is 1.82. The van der Waals surface area contributed by atoms with Gasteiger partial charge in [-0.3, -0.25) is 14.5 Å². The number of carbonyl (C=O) groups is 1. The minimum absolute atomic E-state index is 0.0362. The van der Waals surface area contributed by atoms with Crippen LogP contribution in [0.3, 0.4) is 0 Å². The number of halogens is 1. The van der Waals surface area contributed by atoms with Crippen LogP contribution < -0.4 is 10.0 Å². The molecule has 0 radical (unpaired) electrons. The standard InChI is InChI=1S/C19H20FN3O3S2/c1-27-11-10-16(19(24)21-12-13-6-2-4-8-15(13)20)22-18-14-7-3-5-9-17(14)28(25,26)23-18/h2-9,16H,10-12H2,1H3,(H,21,24)(H,22,23)/t16-/m1/s1. The van der Waals surface area contributed by atoms with Gasteiger partial charge in [0, 0.05) is 17.7 Å². The molecule has 1 aliphatic heterocycles. The zero-order valence-electron chi connectivity index (χ0n) is 15.2. The Kier molecular flexibility index (Phi) is 6.35. The minimum atomic E-state index is -3.67. The molecule has 0 aromatic heterocycles. The Morgan fingerprint density at radius 3 is 2.68 bits per heavy atom. The number of amidine groups is 1. The number of nitrogens with one attached hydrogen (secondary N) is 2. The fourth-order valence-corrected chi connectivity index (χ4v) is 4.51. The van der Waals surface area contributed by atoms with Crippen LogP contribution in [0.2, 0.25) is 0 Å². The predicted molar refractivity (Wildman–Crippen MR) is 108 cm³/mol. The predicted octanol–water partition coefficient (Wildman–Crippen LogP) is 2.30. The summed E-state index contributed by atoms with van der Waals surface area (Å²) in [7, 11) is -3.67. The van der Waals surface area contributed by atoms with Crippen LogP contribution in [0.15, 0.2) is 58.4 Å². The summed E-state index contributed by atoms with van der Waals surface area (Å²) >= 11 is 1.56. The Hall–Kier alpha value is -2.39. The molecule has 2 aromatic rings. The summed E-state index contributed by atoms with van der Waals surface area (Å²) in [5.74, 6) is 0.0477. The summed E-state index contributed by atoms with van der Waals surface area (Å²) in [5.41, 5.74) is 0.817. The highest BCUT2D eigenvalue weighted by Gasteiger charge is 2.31. The lowest BCUT2D eigenvalue weighted by atomic mass is 10.1. The molecule has 0 saturated carbocycles. The van der Waals surface area contributed by atoms with Crippen molar-refractivity contribution >= 4 is 33.5 Å². The summed E-state index contributed by atoms with van der Waals surface area (Å²) in [4.78, 5) is 17.2. The van der Waals surface area contributed by atoms with Gasteiger partial charge in [0.05, 0.1) is 4.90 Å². The largest absolute Gasteiger partial charge is 0.350 e. The Labute approximate surface area is 167 Å². The number of benzene rings is 2. The number of nitrogens with zero attached hydrogens (tertiary/aromatic N) is 1. The Morgan fingerprint density at radius 1 is 1.21 bits per heavy atom. The number of fused-ring (bicyclic) bond motifs is 1. The molecule has 9 heteroatoms. The second-order valence-corrected chi connectivity index (χ2v) is 8.82. The average molecular weight is 422 g/mol. The average Bonchev–Trinajstić information content (AvgIpc) is 2.94. The minimum Gasteiger partial charge on any atom is -0.350 e. The van der Waals surface area contributed by atoms with E-state index in [1.165, 1.54) is 12.1 Å². The molecule has 0 saturated heterocycles. The van der Waals surface area contributed by atoms with Gasteiger partial charge in [-0.25, -0.2) is 12.8 Å². The quantitative estimate of drug-likeness (QED) is 0.718. The molecule has 0 unspecified atom stereocenters. The zero-order chi connectivity index (χ0) is 20.1. The van der Waals surface area contributed by atoms with Crippen LogP contribution in [0.4, 0.5) is 4.39 Å². The van der Waals surface area contributed by atoms with E-state index in [4.69, 9.17) is 0 Å². The first-order valence-corrected chi connectivity index (χ1v) is 11.5. The van der Waals surface area contributed by atoms with Crippen LogP contribution in [0.25, 0.3) is 0 Å². The molecular weight excluding hydrogens is 401 g/mol. The van der Waals surface area contributed by atoms with Crippen molar-refractivity contribution in [2.24, 2.45) is 4.99 Å². The summed E-state index contributed by atoms with van der Waals surface area (Å²) in [5, 5.41) is 2.69. The molecule has 2 aromatic carbocycles. The maximum atomic E-state index is 13.8. The number of thioether (sulfide) groups is 1. The molecule has 1 atom stereocenters. The lowest BCUT2D eigenvalue weighted by Gasteiger charge is -2.14. The van der Waals surface area contributed by atoms with Gasteiger partial charge in [-0.2, -0.15) is 11.8 Å². The summed E-state index contributed by atoms with van der Waals surface area (Å²) in [6, 6.07) is 11.9. The molecular formula is C19H20FN3O3S2. The molecule has 1 aliphatic rings. The first-order valence-electron chi connectivity index (χ1n) is 8.62. The van der Waals surface area contributed by atoms with E-state index in [0.29, 0.717) is 23.3 Å². The van der Waals surface area contributed by atoms with E-state index in [1.807, 2.05) is 6.26 Å². The van der Waals surface area contributed by atoms with Crippen molar-refractivity contribution in [3.63, 3.8) is 0 Å². The van der Waals surface area contributed by atoms with Crippen LogP contribution in [0.5, 0.6) is 0 Å². The smallest absolute Gasteiger partial charge is 0.263 e. The van der Waals surface area contributed by atoms with Crippen LogP contribution in [0, 0.1) is 5.82 Å². The molecule has 0 bridgehead atoms. The lowest BCUT2D eigenvalue weighted by molar-refractivity contribution is -0.122. The van der Waals surface area contributed by atoms with Gasteiger partial charge in [-0.1, -0.05) is 30.3 Å². The van der Waals surface area contributed by atoms with Crippen LogP contribution >= 0.6 is 11.8 Å². The number of hydrogen-bond donors (Lipinski definition) is 2. The van der Waals surface area contributed by atoms with Gasteiger partial charge < -0.3 is 5.32 Å². The summed E-state index contributed by atoms with van der Waals surface area (Å²) in [6.45, 7) is 0.0362. The van der Waals surface area contributed by atoms with Gasteiger partial charge >= 0.3 is 0 Å². The lowest BCUT2D eigenvalue weighted by Crippen LogP contribution is -2.35. The van der Waals surface area contributed by atoms with Gasteiger partial charge in [0.25, 0.3) is 10.0 Å². The van der Waals surface area contributed by atoms with Crippen molar-refractivity contribution in [1.82, 2.24) is 10.0 Å². The van der Waals surface area contributed by atoms with Crippen molar-refractivity contribution < 1.29 is 17.6 Å².